The van der Waals surface area contributed by atoms with Crippen molar-refractivity contribution in [3.8, 4) is 0 Å². The molecule has 0 heterocycles. The zero-order valence-corrected chi connectivity index (χ0v) is 21.1. The number of benzene rings is 2. The van der Waals surface area contributed by atoms with Crippen LogP contribution in [0.3, 0.4) is 0 Å². The molecular formula is C22H29N2O9PS. The monoisotopic (exact) mass is 528 g/mol. The van der Waals surface area contributed by atoms with Gasteiger partial charge in [-0.25, -0.2) is 4.57 Å². The van der Waals surface area contributed by atoms with Crippen molar-refractivity contribution in [3.63, 3.8) is 0 Å². The predicted molar refractivity (Wildman–Crippen MR) is 127 cm³/mol. The predicted octanol–water partition coefficient (Wildman–Crippen LogP) is 2.84. The quantitative estimate of drug-likeness (QED) is 0.263. The molecule has 0 aliphatic carbocycles. The molecule has 0 aliphatic rings. The molecule has 0 aromatic heterocycles. The number of nitrogens with one attached hydrogen (secondary N) is 2. The Hall–Kier alpha value is -2.60. The normalized spacial score (nSPS) is 12.6. The van der Waals surface area contributed by atoms with E-state index in [1.54, 1.807) is 65.2 Å². The topological polar surface area (TPSA) is 146 Å². The number of carbonyl (C=O) groups excluding carboxylic acids is 2. The second-order valence-electron chi connectivity index (χ2n) is 7.04. The van der Waals surface area contributed by atoms with Gasteiger partial charge in [-0.2, -0.15) is 13.1 Å². The number of ether oxygens (including phenoxy) is 2. The summed E-state index contributed by atoms with van der Waals surface area (Å²) in [4.78, 5) is 25.1. The van der Waals surface area contributed by atoms with Crippen molar-refractivity contribution >= 4 is 29.9 Å². The second-order valence-corrected chi connectivity index (χ2v) is 10.5. The van der Waals surface area contributed by atoms with Crippen molar-refractivity contribution < 1.29 is 41.1 Å². The van der Waals surface area contributed by atoms with Gasteiger partial charge in [0.05, 0.1) is 19.6 Å². The van der Waals surface area contributed by atoms with E-state index in [4.69, 9.17) is 18.5 Å². The van der Waals surface area contributed by atoms with Gasteiger partial charge in [-0.3, -0.25) is 18.6 Å². The molecule has 0 saturated heterocycles. The van der Waals surface area contributed by atoms with Crippen LogP contribution in [0.4, 0.5) is 0 Å². The second kappa shape index (κ2) is 14.1. The largest absolute Gasteiger partial charge is 0.461 e. The van der Waals surface area contributed by atoms with Gasteiger partial charge in [-0.15, -0.1) is 4.49 Å². The van der Waals surface area contributed by atoms with Crippen LogP contribution in [0.2, 0.25) is 0 Å². The minimum atomic E-state index is -4.65. The molecule has 0 amide bonds. The van der Waals surface area contributed by atoms with Gasteiger partial charge in [0, 0.05) is 0 Å². The zero-order chi connectivity index (χ0) is 25.7. The third kappa shape index (κ3) is 10.7. The molecule has 1 unspecified atom stereocenters. The molecule has 11 nitrogen and oxygen atoms in total. The van der Waals surface area contributed by atoms with Crippen LogP contribution in [0.15, 0.2) is 60.7 Å². The highest BCUT2D eigenvalue weighted by molar-refractivity contribution is 7.93. The summed E-state index contributed by atoms with van der Waals surface area (Å²) in [5, 5.41) is 0. The van der Waals surface area contributed by atoms with E-state index in [0.29, 0.717) is 11.1 Å². The molecule has 1 atom stereocenters. The first kappa shape index (κ1) is 28.6. The van der Waals surface area contributed by atoms with Gasteiger partial charge in [-0.1, -0.05) is 60.7 Å². The summed E-state index contributed by atoms with van der Waals surface area (Å²) in [5.74, 6) is -1.88. The Morgan fingerprint density at radius 3 is 1.83 bits per heavy atom. The SMILES string of the molecule is CCOP(=O)(NS(=O)(=O)NC(CC(=O)OCc1ccccc1)C(=O)OCc1ccccc1)OCC. The summed E-state index contributed by atoms with van der Waals surface area (Å²) in [7, 11) is -8.89. The van der Waals surface area contributed by atoms with E-state index >= 15 is 0 Å². The number of rotatable bonds is 15. The minimum Gasteiger partial charge on any atom is -0.461 e. The van der Waals surface area contributed by atoms with Gasteiger partial charge in [0.1, 0.15) is 19.3 Å². The Labute approximate surface area is 204 Å². The minimum absolute atomic E-state index is 0.0691. The summed E-state index contributed by atoms with van der Waals surface area (Å²) in [6, 6.07) is 15.8. The van der Waals surface area contributed by atoms with E-state index in [-0.39, 0.29) is 26.4 Å². The van der Waals surface area contributed by atoms with Crippen molar-refractivity contribution in [2.75, 3.05) is 13.2 Å². The molecular weight excluding hydrogens is 499 g/mol. The molecule has 13 heteroatoms. The smallest absolute Gasteiger partial charge is 0.420 e. The maximum absolute atomic E-state index is 12.7. The Bertz CT molecular complexity index is 1090. The zero-order valence-electron chi connectivity index (χ0n) is 19.4. The third-order valence-corrected chi connectivity index (χ3v) is 7.90. The summed E-state index contributed by atoms with van der Waals surface area (Å²) in [6.07, 6.45) is -0.672. The molecule has 192 valence electrons. The summed E-state index contributed by atoms with van der Waals surface area (Å²) in [6.45, 7) is 2.57. The van der Waals surface area contributed by atoms with Crippen LogP contribution >= 0.6 is 7.75 Å². The highest BCUT2D eigenvalue weighted by atomic mass is 32.2. The van der Waals surface area contributed by atoms with Crippen molar-refractivity contribution in [1.29, 1.82) is 0 Å². The van der Waals surface area contributed by atoms with E-state index in [1.165, 1.54) is 13.8 Å². The van der Waals surface area contributed by atoms with E-state index in [9.17, 15) is 22.6 Å². The Kier molecular flexibility index (Phi) is 11.5. The van der Waals surface area contributed by atoms with Crippen molar-refractivity contribution in [2.45, 2.75) is 39.5 Å². The molecule has 0 radical (unpaired) electrons. The van der Waals surface area contributed by atoms with E-state index in [2.05, 4.69) is 0 Å². The lowest BCUT2D eigenvalue weighted by Crippen LogP contribution is -2.47. The van der Waals surface area contributed by atoms with Crippen LogP contribution in [-0.4, -0.2) is 39.6 Å². The Morgan fingerprint density at radius 1 is 0.857 bits per heavy atom. The molecule has 0 bridgehead atoms. The highest BCUT2D eigenvalue weighted by Gasteiger charge is 2.35. The van der Waals surface area contributed by atoms with Crippen LogP contribution in [0.25, 0.3) is 0 Å². The average molecular weight is 529 g/mol. The van der Waals surface area contributed by atoms with Crippen LogP contribution < -0.4 is 9.21 Å². The fraction of sp³-hybridized carbons (Fsp3) is 0.364. The fourth-order valence-corrected chi connectivity index (χ4v) is 5.88. The van der Waals surface area contributed by atoms with Crippen molar-refractivity contribution in [2.24, 2.45) is 0 Å². The molecule has 0 saturated carbocycles. The first-order chi connectivity index (χ1) is 16.7. The lowest BCUT2D eigenvalue weighted by molar-refractivity contribution is -0.153. The number of hydrogen-bond donors (Lipinski definition) is 2. The van der Waals surface area contributed by atoms with Gasteiger partial charge in [0.2, 0.25) is 0 Å². The van der Waals surface area contributed by atoms with E-state index in [0.717, 1.165) is 0 Å². The molecule has 2 N–H and O–H groups in total. The van der Waals surface area contributed by atoms with Crippen LogP contribution in [0.1, 0.15) is 31.4 Å². The first-order valence-electron chi connectivity index (χ1n) is 10.8. The van der Waals surface area contributed by atoms with Crippen LogP contribution in [-0.2, 0) is 56.1 Å². The summed E-state index contributed by atoms with van der Waals surface area (Å²) in [5.41, 5.74) is 1.37. The van der Waals surface area contributed by atoms with Crippen molar-refractivity contribution in [1.82, 2.24) is 9.21 Å². The highest BCUT2D eigenvalue weighted by Crippen LogP contribution is 2.44. The van der Waals surface area contributed by atoms with E-state index < -0.39 is 42.4 Å². The lowest BCUT2D eigenvalue weighted by atomic mass is 10.2. The standard InChI is InChI=1S/C22H29N2O9PS/c1-3-32-34(27,33-4-2)24-35(28,29)23-20(22(26)31-17-19-13-9-6-10-14-19)15-21(25)30-16-18-11-7-5-8-12-18/h5-14,20,23H,3-4,15-17H2,1-2H3,(H,24,27). The number of carbonyl (C=O) groups is 2. The van der Waals surface area contributed by atoms with Gasteiger partial charge in [-0.05, 0) is 25.0 Å². The third-order valence-electron chi connectivity index (χ3n) is 4.25. The number of hydrogen-bond acceptors (Lipinski definition) is 9. The maximum atomic E-state index is 12.7. The summed E-state index contributed by atoms with van der Waals surface area (Å²) < 4.78 is 61.8. The molecule has 0 fully saturated rings. The summed E-state index contributed by atoms with van der Waals surface area (Å²) >= 11 is 0. The fourth-order valence-electron chi connectivity index (χ4n) is 2.76. The van der Waals surface area contributed by atoms with Gasteiger partial charge < -0.3 is 9.47 Å². The van der Waals surface area contributed by atoms with Gasteiger partial charge in [0.15, 0.2) is 0 Å². The lowest BCUT2D eigenvalue weighted by Gasteiger charge is -2.21. The molecule has 2 aromatic rings. The molecule has 0 aliphatic heterocycles. The van der Waals surface area contributed by atoms with Crippen LogP contribution in [0.5, 0.6) is 0 Å². The molecule has 0 spiro atoms. The molecule has 2 aromatic carbocycles. The first-order valence-corrected chi connectivity index (χ1v) is 13.8. The molecule has 35 heavy (non-hydrogen) atoms. The maximum Gasteiger partial charge on any atom is 0.420 e. The van der Waals surface area contributed by atoms with Crippen LogP contribution in [0, 0.1) is 0 Å². The average Bonchev–Trinajstić information content (AvgIpc) is 2.81. The molecule has 2 rings (SSSR count). The Morgan fingerprint density at radius 2 is 1.34 bits per heavy atom. The van der Waals surface area contributed by atoms with Gasteiger partial charge in [0.25, 0.3) is 10.2 Å². The van der Waals surface area contributed by atoms with E-state index in [1.807, 2.05) is 4.72 Å². The Balaban J connectivity index is 2.12. The van der Waals surface area contributed by atoms with Gasteiger partial charge >= 0.3 is 19.7 Å². The number of esters is 2. The van der Waals surface area contributed by atoms with Crippen molar-refractivity contribution in [3.05, 3.63) is 71.8 Å².